The van der Waals surface area contributed by atoms with Crippen molar-refractivity contribution in [3.8, 4) is 0 Å². The van der Waals surface area contributed by atoms with Crippen molar-refractivity contribution in [1.82, 2.24) is 0 Å². The average molecular weight is 345 g/mol. The molecule has 2 rings (SSSR count). The van der Waals surface area contributed by atoms with Gasteiger partial charge in [0, 0.05) is 26.3 Å². The molecular weight excluding hydrogens is 327 g/mol. The molecule has 19 heavy (non-hydrogen) atoms. The minimum atomic E-state index is 0. The van der Waals surface area contributed by atoms with Gasteiger partial charge in [-0.1, -0.05) is 60.7 Å². The Morgan fingerprint density at radius 1 is 0.842 bits per heavy atom. The average Bonchev–Trinajstić information content (AvgIpc) is 2.40. The molecule has 0 aromatic heterocycles. The molecule has 2 heteroatoms. The summed E-state index contributed by atoms with van der Waals surface area (Å²) in [6.45, 7) is 1.69. The fraction of sp³-hybridized carbons (Fsp3) is 0.235. The van der Waals surface area contributed by atoms with Crippen LogP contribution in [0.25, 0.3) is 0 Å². The van der Waals surface area contributed by atoms with Crippen molar-refractivity contribution in [3.63, 3.8) is 0 Å². The Kier molecular flexibility index (Phi) is 6.70. The van der Waals surface area contributed by atoms with Crippen LogP contribution < -0.4 is 0 Å². The smallest absolute Gasteiger partial charge is 0.133 e. The molecule has 0 amide bonds. The third-order valence-electron chi connectivity index (χ3n) is 3.22. The van der Waals surface area contributed by atoms with Gasteiger partial charge in [-0.15, -0.1) is 0 Å². The van der Waals surface area contributed by atoms with Gasteiger partial charge < -0.3 is 0 Å². The summed E-state index contributed by atoms with van der Waals surface area (Å²) in [4.78, 5) is 11.8. The predicted molar refractivity (Wildman–Crippen MR) is 74.5 cm³/mol. The topological polar surface area (TPSA) is 17.1 Å². The first-order valence-corrected chi connectivity index (χ1v) is 6.34. The van der Waals surface area contributed by atoms with E-state index in [-0.39, 0.29) is 32.1 Å². The Morgan fingerprint density at radius 3 is 1.53 bits per heavy atom. The van der Waals surface area contributed by atoms with E-state index in [2.05, 4.69) is 24.3 Å². The van der Waals surface area contributed by atoms with Gasteiger partial charge in [0.05, 0.1) is 0 Å². The molecule has 0 atom stereocenters. The van der Waals surface area contributed by atoms with Crippen molar-refractivity contribution in [2.45, 2.75) is 19.8 Å². The third kappa shape index (κ3) is 5.11. The van der Waals surface area contributed by atoms with E-state index in [1.807, 2.05) is 36.4 Å². The van der Waals surface area contributed by atoms with Gasteiger partial charge >= 0.3 is 0 Å². The summed E-state index contributed by atoms with van der Waals surface area (Å²) in [7, 11) is 0. The second-order valence-electron chi connectivity index (χ2n) is 4.69. The van der Waals surface area contributed by atoms with E-state index in [0.29, 0.717) is 0 Å². The van der Waals surface area contributed by atoms with Gasteiger partial charge in [0.15, 0.2) is 0 Å². The van der Waals surface area contributed by atoms with Gasteiger partial charge in [-0.2, -0.15) is 0 Å². The first kappa shape index (κ1) is 15.8. The molecule has 0 fully saturated rings. The summed E-state index contributed by atoms with van der Waals surface area (Å²) >= 11 is 0. The van der Waals surface area contributed by atoms with Crippen molar-refractivity contribution in [2.24, 2.45) is 5.92 Å². The van der Waals surface area contributed by atoms with E-state index in [1.54, 1.807) is 6.92 Å². The summed E-state index contributed by atoms with van der Waals surface area (Å²) in [5.74, 6) is 0.345. The van der Waals surface area contributed by atoms with Crippen LogP contribution in [0.5, 0.6) is 0 Å². The molecule has 0 N–H and O–H groups in total. The van der Waals surface area contributed by atoms with E-state index in [9.17, 15) is 4.79 Å². The Bertz CT molecular complexity index is 452. The van der Waals surface area contributed by atoms with Crippen LogP contribution in [0.3, 0.4) is 0 Å². The molecule has 0 spiro atoms. The number of benzene rings is 2. The Labute approximate surface area is 128 Å². The molecular formula is C17H18OPd. The summed E-state index contributed by atoms with van der Waals surface area (Å²) in [5, 5.41) is 0. The Morgan fingerprint density at radius 2 is 1.21 bits per heavy atom. The molecule has 0 saturated heterocycles. The SMILES string of the molecule is CC(=O)C(Cc1ccccc1)Cc1ccccc1.[Pd]. The minimum absolute atomic E-state index is 0. The van der Waals surface area contributed by atoms with Crippen molar-refractivity contribution in [2.75, 3.05) is 0 Å². The molecule has 102 valence electrons. The van der Waals surface area contributed by atoms with Gasteiger partial charge in [-0.25, -0.2) is 0 Å². The summed E-state index contributed by atoms with van der Waals surface area (Å²) < 4.78 is 0. The van der Waals surface area contributed by atoms with Crippen molar-refractivity contribution in [3.05, 3.63) is 71.8 Å². The maximum Gasteiger partial charge on any atom is 0.133 e. The van der Waals surface area contributed by atoms with Crippen LogP contribution in [0.15, 0.2) is 60.7 Å². The Hall–Kier alpha value is -1.23. The van der Waals surface area contributed by atoms with E-state index in [1.165, 1.54) is 11.1 Å². The van der Waals surface area contributed by atoms with Gasteiger partial charge in [-0.3, -0.25) is 4.79 Å². The van der Waals surface area contributed by atoms with Crippen LogP contribution in [-0.4, -0.2) is 5.78 Å². The molecule has 0 aliphatic rings. The quantitative estimate of drug-likeness (QED) is 0.756. The Balaban J connectivity index is 0.00000180. The molecule has 2 aromatic rings. The van der Waals surface area contributed by atoms with Crippen LogP contribution in [0.1, 0.15) is 18.1 Å². The first-order valence-electron chi connectivity index (χ1n) is 6.34. The monoisotopic (exact) mass is 344 g/mol. The van der Waals surface area contributed by atoms with Gasteiger partial charge in [0.2, 0.25) is 0 Å². The number of rotatable bonds is 5. The fourth-order valence-corrected chi connectivity index (χ4v) is 2.16. The van der Waals surface area contributed by atoms with Gasteiger partial charge in [-0.05, 0) is 30.9 Å². The number of ketones is 1. The molecule has 0 aliphatic heterocycles. The van der Waals surface area contributed by atoms with Gasteiger partial charge in [0.25, 0.3) is 0 Å². The zero-order valence-corrected chi connectivity index (χ0v) is 12.5. The fourth-order valence-electron chi connectivity index (χ4n) is 2.16. The second kappa shape index (κ2) is 8.05. The van der Waals surface area contributed by atoms with Crippen molar-refractivity contribution >= 4 is 5.78 Å². The minimum Gasteiger partial charge on any atom is -0.300 e. The first-order chi connectivity index (χ1) is 8.75. The van der Waals surface area contributed by atoms with Crippen molar-refractivity contribution < 1.29 is 25.2 Å². The van der Waals surface area contributed by atoms with Crippen LogP contribution in [0, 0.1) is 5.92 Å². The molecule has 0 radical (unpaired) electrons. The summed E-state index contributed by atoms with van der Waals surface area (Å²) in [6.07, 6.45) is 1.65. The molecule has 0 saturated carbocycles. The third-order valence-corrected chi connectivity index (χ3v) is 3.22. The standard InChI is InChI=1S/C17H18O.Pd/c1-14(18)17(12-15-8-4-2-5-9-15)13-16-10-6-3-7-11-16;/h2-11,17H,12-13H2,1H3;. The summed E-state index contributed by atoms with van der Waals surface area (Å²) in [5.41, 5.74) is 2.46. The molecule has 2 aromatic carbocycles. The van der Waals surface area contributed by atoms with Crippen LogP contribution in [0.2, 0.25) is 0 Å². The molecule has 0 heterocycles. The summed E-state index contributed by atoms with van der Waals surface area (Å²) in [6, 6.07) is 20.4. The number of Topliss-reactive ketones (excluding diaryl/α,β-unsaturated/α-hetero) is 1. The van der Waals surface area contributed by atoms with Crippen LogP contribution in [0.4, 0.5) is 0 Å². The number of carbonyl (C=O) groups excluding carboxylic acids is 1. The van der Waals surface area contributed by atoms with Crippen LogP contribution in [-0.2, 0) is 38.1 Å². The van der Waals surface area contributed by atoms with E-state index >= 15 is 0 Å². The van der Waals surface area contributed by atoms with Crippen LogP contribution >= 0.6 is 0 Å². The molecule has 0 aliphatic carbocycles. The van der Waals surface area contributed by atoms with E-state index < -0.39 is 0 Å². The largest absolute Gasteiger partial charge is 0.300 e. The number of carbonyl (C=O) groups is 1. The van der Waals surface area contributed by atoms with E-state index in [0.717, 1.165) is 12.8 Å². The number of hydrogen-bond acceptors (Lipinski definition) is 1. The van der Waals surface area contributed by atoms with Crippen molar-refractivity contribution in [1.29, 1.82) is 0 Å². The zero-order valence-electron chi connectivity index (χ0n) is 11.0. The normalized spacial score (nSPS) is 10.0. The second-order valence-corrected chi connectivity index (χ2v) is 4.69. The number of hydrogen-bond donors (Lipinski definition) is 0. The van der Waals surface area contributed by atoms with Gasteiger partial charge in [0.1, 0.15) is 5.78 Å². The van der Waals surface area contributed by atoms with E-state index in [4.69, 9.17) is 0 Å². The zero-order chi connectivity index (χ0) is 12.8. The predicted octanol–water partition coefficient (Wildman–Crippen LogP) is 3.67. The maximum absolute atomic E-state index is 11.8. The maximum atomic E-state index is 11.8. The molecule has 0 unspecified atom stereocenters. The molecule has 0 bridgehead atoms. The molecule has 1 nitrogen and oxygen atoms in total.